The second-order valence-corrected chi connectivity index (χ2v) is 8.18. The number of para-hydroxylation sites is 1. The Kier molecular flexibility index (Phi) is 4.74. The molecule has 7 nitrogen and oxygen atoms in total. The van der Waals surface area contributed by atoms with Gasteiger partial charge in [-0.2, -0.15) is 5.10 Å². The van der Waals surface area contributed by atoms with Crippen molar-refractivity contribution in [2.24, 2.45) is 0 Å². The minimum atomic E-state index is -0.540. The molecule has 0 saturated carbocycles. The highest BCUT2D eigenvalue weighted by Gasteiger charge is 2.20. The molecule has 0 spiro atoms. The second kappa shape index (κ2) is 7.69. The quantitative estimate of drug-likeness (QED) is 0.390. The van der Waals surface area contributed by atoms with E-state index in [0.29, 0.717) is 22.0 Å². The van der Waals surface area contributed by atoms with Crippen molar-refractivity contribution in [1.82, 2.24) is 19.2 Å². The Balaban J connectivity index is 1.46. The van der Waals surface area contributed by atoms with Crippen LogP contribution < -0.4 is 5.56 Å². The largest absolute Gasteiger partial charge is 0.454 e. The van der Waals surface area contributed by atoms with Crippen molar-refractivity contribution in [3.05, 3.63) is 93.3 Å². The van der Waals surface area contributed by atoms with Gasteiger partial charge in [0.15, 0.2) is 10.7 Å². The van der Waals surface area contributed by atoms with Gasteiger partial charge >= 0.3 is 5.97 Å². The Labute approximate surface area is 178 Å². The molecule has 5 rings (SSSR count). The van der Waals surface area contributed by atoms with Gasteiger partial charge in [0.1, 0.15) is 12.3 Å². The molecule has 4 heterocycles. The van der Waals surface area contributed by atoms with E-state index in [0.717, 1.165) is 10.6 Å². The molecule has 1 aromatic carbocycles. The molecule has 0 aliphatic rings. The van der Waals surface area contributed by atoms with Crippen LogP contribution in [0.15, 0.2) is 76.3 Å². The second-order valence-electron chi connectivity index (χ2n) is 6.36. The number of benzene rings is 1. The van der Waals surface area contributed by atoms with Gasteiger partial charge in [-0.15, -0.1) is 22.7 Å². The van der Waals surface area contributed by atoms with E-state index in [1.54, 1.807) is 33.7 Å². The highest BCUT2D eigenvalue weighted by atomic mass is 32.1. The average Bonchev–Trinajstić information content (AvgIpc) is 3.52. The first-order valence-electron chi connectivity index (χ1n) is 9.01. The molecular weight excluding hydrogens is 420 g/mol. The van der Waals surface area contributed by atoms with Gasteiger partial charge in [0, 0.05) is 23.7 Å². The first-order valence-corrected chi connectivity index (χ1v) is 10.8. The first-order chi connectivity index (χ1) is 14.7. The lowest BCUT2D eigenvalue weighted by Gasteiger charge is -2.07. The molecule has 0 amide bonds. The Hall–Kier alpha value is -3.56. The third-order valence-electron chi connectivity index (χ3n) is 4.40. The summed E-state index contributed by atoms with van der Waals surface area (Å²) in [4.78, 5) is 30.9. The van der Waals surface area contributed by atoms with Crippen molar-refractivity contribution in [2.45, 2.75) is 6.61 Å². The normalized spacial score (nSPS) is 11.1. The van der Waals surface area contributed by atoms with Crippen LogP contribution in [0.5, 0.6) is 0 Å². The molecule has 4 aromatic heterocycles. The summed E-state index contributed by atoms with van der Waals surface area (Å²) >= 11 is 2.89. The number of thiophene rings is 1. The molecule has 148 valence electrons. The van der Waals surface area contributed by atoms with Crippen molar-refractivity contribution >= 4 is 33.6 Å². The topological polar surface area (TPSA) is 78.5 Å². The van der Waals surface area contributed by atoms with Gasteiger partial charge in [0.05, 0.1) is 16.3 Å². The number of hydrogen-bond donors (Lipinski definition) is 0. The third-order valence-corrected chi connectivity index (χ3v) is 6.05. The summed E-state index contributed by atoms with van der Waals surface area (Å²) in [7, 11) is 0. The van der Waals surface area contributed by atoms with Crippen molar-refractivity contribution in [1.29, 1.82) is 0 Å². The molecule has 0 fully saturated rings. The fraction of sp³-hybridized carbons (Fsp3) is 0.0476. The summed E-state index contributed by atoms with van der Waals surface area (Å²) in [6, 6.07) is 16.4. The lowest BCUT2D eigenvalue weighted by atomic mass is 10.3. The number of carbonyl (C=O) groups excluding carboxylic acids is 1. The zero-order valence-electron chi connectivity index (χ0n) is 15.5. The predicted molar refractivity (Wildman–Crippen MR) is 115 cm³/mol. The number of carbonyl (C=O) groups is 1. The van der Waals surface area contributed by atoms with Crippen LogP contribution in [-0.4, -0.2) is 25.1 Å². The fourth-order valence-electron chi connectivity index (χ4n) is 3.01. The highest BCUT2D eigenvalue weighted by Crippen LogP contribution is 2.26. The molecule has 0 aliphatic heterocycles. The van der Waals surface area contributed by atoms with E-state index in [1.165, 1.54) is 21.8 Å². The SMILES string of the molecule is O=C(OCc1cc(=O)n2ccsc2n1)c1cc(-c2cccs2)nn1-c1ccccc1. The smallest absolute Gasteiger partial charge is 0.357 e. The van der Waals surface area contributed by atoms with Gasteiger partial charge in [-0.25, -0.2) is 14.5 Å². The van der Waals surface area contributed by atoms with E-state index in [4.69, 9.17) is 4.74 Å². The van der Waals surface area contributed by atoms with E-state index in [1.807, 2.05) is 47.8 Å². The van der Waals surface area contributed by atoms with Crippen LogP contribution in [0.4, 0.5) is 0 Å². The van der Waals surface area contributed by atoms with Crippen LogP contribution in [0.25, 0.3) is 21.2 Å². The number of rotatable bonds is 5. The lowest BCUT2D eigenvalue weighted by Crippen LogP contribution is -2.16. The summed E-state index contributed by atoms with van der Waals surface area (Å²) in [5, 5.41) is 8.35. The summed E-state index contributed by atoms with van der Waals surface area (Å²) in [5.74, 6) is -0.540. The zero-order valence-corrected chi connectivity index (χ0v) is 17.1. The predicted octanol–water partition coefficient (Wildman–Crippen LogP) is 4.03. The zero-order chi connectivity index (χ0) is 20.5. The maximum Gasteiger partial charge on any atom is 0.357 e. The van der Waals surface area contributed by atoms with Crippen LogP contribution >= 0.6 is 22.7 Å². The molecule has 9 heteroatoms. The number of nitrogens with zero attached hydrogens (tertiary/aromatic N) is 4. The van der Waals surface area contributed by atoms with Gasteiger partial charge in [0.25, 0.3) is 5.56 Å². The van der Waals surface area contributed by atoms with Gasteiger partial charge in [-0.05, 0) is 23.6 Å². The summed E-state index contributed by atoms with van der Waals surface area (Å²) < 4.78 is 8.51. The van der Waals surface area contributed by atoms with Gasteiger partial charge < -0.3 is 4.74 Å². The van der Waals surface area contributed by atoms with Gasteiger partial charge in [-0.3, -0.25) is 9.20 Å². The standard InChI is InChI=1S/C21H14N4O3S2/c26-19-11-14(22-21-24(19)8-10-30-21)13-28-20(27)17-12-16(18-7-4-9-29-18)23-25(17)15-5-2-1-3-6-15/h1-12H,13H2. The van der Waals surface area contributed by atoms with Crippen molar-refractivity contribution in [3.8, 4) is 16.3 Å². The Morgan fingerprint density at radius 1 is 1.03 bits per heavy atom. The molecular formula is C21H14N4O3S2. The molecule has 0 bridgehead atoms. The van der Waals surface area contributed by atoms with E-state index >= 15 is 0 Å². The van der Waals surface area contributed by atoms with Crippen LogP contribution in [-0.2, 0) is 11.3 Å². The summed E-state index contributed by atoms with van der Waals surface area (Å²) in [6.45, 7) is -0.100. The van der Waals surface area contributed by atoms with Crippen molar-refractivity contribution < 1.29 is 9.53 Å². The Bertz CT molecular complexity index is 1380. The molecule has 0 unspecified atom stereocenters. The molecule has 0 aliphatic carbocycles. The Morgan fingerprint density at radius 2 is 1.90 bits per heavy atom. The number of ether oxygens (including phenoxy) is 1. The lowest BCUT2D eigenvalue weighted by molar-refractivity contribution is 0.0457. The average molecular weight is 435 g/mol. The van der Waals surface area contributed by atoms with Crippen LogP contribution in [0.1, 0.15) is 16.2 Å². The minimum absolute atomic E-state index is 0.100. The summed E-state index contributed by atoms with van der Waals surface area (Å²) in [5.41, 5.74) is 1.95. The Morgan fingerprint density at radius 3 is 2.70 bits per heavy atom. The van der Waals surface area contributed by atoms with E-state index in [2.05, 4.69) is 10.1 Å². The third kappa shape index (κ3) is 3.44. The van der Waals surface area contributed by atoms with Crippen molar-refractivity contribution in [2.75, 3.05) is 0 Å². The summed E-state index contributed by atoms with van der Waals surface area (Å²) in [6.07, 6.45) is 1.66. The van der Waals surface area contributed by atoms with Crippen molar-refractivity contribution in [3.63, 3.8) is 0 Å². The highest BCUT2D eigenvalue weighted by molar-refractivity contribution is 7.15. The van der Waals surface area contributed by atoms with E-state index < -0.39 is 5.97 Å². The molecule has 30 heavy (non-hydrogen) atoms. The first kappa shape index (κ1) is 18.5. The number of aromatic nitrogens is 4. The number of esters is 1. The van der Waals surface area contributed by atoms with E-state index in [-0.39, 0.29) is 12.2 Å². The number of fused-ring (bicyclic) bond motifs is 1. The number of hydrogen-bond acceptors (Lipinski definition) is 7. The monoisotopic (exact) mass is 434 g/mol. The van der Waals surface area contributed by atoms with Crippen LogP contribution in [0.3, 0.4) is 0 Å². The van der Waals surface area contributed by atoms with Crippen LogP contribution in [0.2, 0.25) is 0 Å². The molecule has 0 radical (unpaired) electrons. The minimum Gasteiger partial charge on any atom is -0.454 e. The fourth-order valence-corrected chi connectivity index (χ4v) is 4.43. The molecule has 0 atom stereocenters. The molecule has 0 N–H and O–H groups in total. The maximum absolute atomic E-state index is 12.9. The molecule has 5 aromatic rings. The van der Waals surface area contributed by atoms with Gasteiger partial charge in [0.2, 0.25) is 0 Å². The number of thiazole rings is 1. The molecule has 0 saturated heterocycles. The van der Waals surface area contributed by atoms with Crippen LogP contribution in [0, 0.1) is 0 Å². The van der Waals surface area contributed by atoms with E-state index in [9.17, 15) is 9.59 Å². The maximum atomic E-state index is 12.9. The van der Waals surface area contributed by atoms with Gasteiger partial charge in [-0.1, -0.05) is 24.3 Å².